The van der Waals surface area contributed by atoms with Crippen LogP contribution in [-0.2, 0) is 11.3 Å². The van der Waals surface area contributed by atoms with E-state index >= 15 is 0 Å². The van der Waals surface area contributed by atoms with Crippen LogP contribution in [0.15, 0.2) is 48.5 Å². The van der Waals surface area contributed by atoms with E-state index in [-0.39, 0.29) is 18.2 Å². The molecule has 0 bridgehead atoms. The van der Waals surface area contributed by atoms with Gasteiger partial charge in [-0.15, -0.1) is 0 Å². The highest BCUT2D eigenvalue weighted by Gasteiger charge is 2.40. The number of aromatic nitrogens is 1. The molecule has 1 amide bonds. The number of carbonyl (C=O) groups excluding carboxylic acids is 1. The summed E-state index contributed by atoms with van der Waals surface area (Å²) in [5.41, 5.74) is 7.72. The van der Waals surface area contributed by atoms with Crippen molar-refractivity contribution in [2.75, 3.05) is 25.1 Å². The number of aryl methyl sites for hydroxylation is 2. The molecule has 2 aromatic carbocycles. The van der Waals surface area contributed by atoms with E-state index in [0.29, 0.717) is 12.5 Å². The van der Waals surface area contributed by atoms with Gasteiger partial charge in [0.15, 0.2) is 0 Å². The first-order chi connectivity index (χ1) is 19.4. The Kier molecular flexibility index (Phi) is 7.43. The van der Waals surface area contributed by atoms with Crippen molar-refractivity contribution in [1.82, 2.24) is 9.88 Å². The highest BCUT2D eigenvalue weighted by atomic mass is 16.6. The average Bonchev–Trinajstić information content (AvgIpc) is 3.20. The summed E-state index contributed by atoms with van der Waals surface area (Å²) < 4.78 is 11.9. The lowest BCUT2D eigenvalue weighted by Crippen LogP contribution is -2.38. The van der Waals surface area contributed by atoms with Gasteiger partial charge in [-0.05, 0) is 81.3 Å². The summed E-state index contributed by atoms with van der Waals surface area (Å²) in [4.78, 5) is 22.6. The summed E-state index contributed by atoms with van der Waals surface area (Å²) in [5.74, 6) is 2.39. The zero-order valence-electron chi connectivity index (χ0n) is 24.3. The molecule has 1 saturated carbocycles. The lowest BCUT2D eigenvalue weighted by atomic mass is 9.83. The summed E-state index contributed by atoms with van der Waals surface area (Å²) in [6.45, 7) is 8.67. The Morgan fingerprint density at radius 3 is 2.33 bits per heavy atom. The maximum absolute atomic E-state index is 13.3. The minimum atomic E-state index is -0.308. The van der Waals surface area contributed by atoms with Crippen molar-refractivity contribution in [3.63, 3.8) is 0 Å². The van der Waals surface area contributed by atoms with E-state index in [1.54, 1.807) is 7.11 Å². The highest BCUT2D eigenvalue weighted by molar-refractivity contribution is 5.76. The first-order valence-electron chi connectivity index (χ1n) is 14.9. The van der Waals surface area contributed by atoms with E-state index in [9.17, 15) is 4.79 Å². The molecule has 0 radical (unpaired) electrons. The Morgan fingerprint density at radius 1 is 0.900 bits per heavy atom. The summed E-state index contributed by atoms with van der Waals surface area (Å²) in [6, 6.07) is 17.2. The van der Waals surface area contributed by atoms with Crippen LogP contribution in [0.2, 0.25) is 0 Å². The molecule has 6 rings (SSSR count). The van der Waals surface area contributed by atoms with Crippen molar-refractivity contribution in [2.24, 2.45) is 0 Å². The van der Waals surface area contributed by atoms with Crippen LogP contribution in [0.5, 0.6) is 5.75 Å². The van der Waals surface area contributed by atoms with Gasteiger partial charge in [0, 0.05) is 24.2 Å². The molecule has 40 heavy (non-hydrogen) atoms. The molecule has 3 heterocycles. The van der Waals surface area contributed by atoms with E-state index in [2.05, 4.69) is 74.2 Å². The fourth-order valence-corrected chi connectivity index (χ4v) is 6.70. The minimum Gasteiger partial charge on any atom is -0.496 e. The largest absolute Gasteiger partial charge is 0.496 e. The maximum Gasteiger partial charge on any atom is 0.411 e. The third-order valence-corrected chi connectivity index (χ3v) is 9.01. The second kappa shape index (κ2) is 11.1. The number of pyridine rings is 1. The Hall–Kier alpha value is -3.54. The summed E-state index contributed by atoms with van der Waals surface area (Å²) in [5, 5.41) is 0. The van der Waals surface area contributed by atoms with E-state index in [4.69, 9.17) is 14.5 Å². The zero-order chi connectivity index (χ0) is 27.8. The lowest BCUT2D eigenvalue weighted by Gasteiger charge is -2.33. The van der Waals surface area contributed by atoms with E-state index < -0.39 is 0 Å². The third kappa shape index (κ3) is 5.16. The topological polar surface area (TPSA) is 54.9 Å². The van der Waals surface area contributed by atoms with Crippen LogP contribution in [0.4, 0.5) is 10.6 Å². The average molecular weight is 540 g/mol. The standard InChI is InChI=1S/C34H41N3O3/c1-22-17-23(2)19-27(18-22)33-24(3)37(34(38)40-33)21-30-28(12-14-32(35-30)36-15-8-16-36)29-20-26(11-13-31(29)39-4)25-9-6-5-7-10-25/h11-14,17-20,24-25,33H,5-10,15-16,21H2,1-4H3. The number of hydrogen-bond acceptors (Lipinski definition) is 5. The number of cyclic esters (lactones) is 1. The predicted molar refractivity (Wildman–Crippen MR) is 159 cm³/mol. The maximum atomic E-state index is 13.3. The van der Waals surface area contributed by atoms with Gasteiger partial charge in [0.05, 0.1) is 25.4 Å². The fraction of sp³-hybridized carbons (Fsp3) is 0.471. The monoisotopic (exact) mass is 539 g/mol. The molecule has 3 aromatic rings. The van der Waals surface area contributed by atoms with Crippen molar-refractivity contribution in [2.45, 2.75) is 83.9 Å². The number of hydrogen-bond donors (Lipinski definition) is 0. The predicted octanol–water partition coefficient (Wildman–Crippen LogP) is 7.71. The minimum absolute atomic E-state index is 0.119. The second-order valence-corrected chi connectivity index (χ2v) is 11.9. The van der Waals surface area contributed by atoms with Crippen LogP contribution in [-0.4, -0.2) is 42.2 Å². The van der Waals surface area contributed by atoms with Crippen molar-refractivity contribution < 1.29 is 14.3 Å². The van der Waals surface area contributed by atoms with Gasteiger partial charge >= 0.3 is 6.09 Å². The molecular formula is C34H41N3O3. The van der Waals surface area contributed by atoms with Crippen molar-refractivity contribution in [3.8, 4) is 16.9 Å². The Morgan fingerprint density at radius 2 is 1.65 bits per heavy atom. The summed E-state index contributed by atoms with van der Waals surface area (Å²) >= 11 is 0. The number of anilines is 1. The lowest BCUT2D eigenvalue weighted by molar-refractivity contribution is 0.130. The van der Waals surface area contributed by atoms with Crippen LogP contribution in [0, 0.1) is 13.8 Å². The number of nitrogens with zero attached hydrogens (tertiary/aromatic N) is 3. The molecule has 6 nitrogen and oxygen atoms in total. The number of carbonyl (C=O) groups is 1. The number of benzene rings is 2. The van der Waals surface area contributed by atoms with Crippen molar-refractivity contribution in [1.29, 1.82) is 0 Å². The van der Waals surface area contributed by atoms with Crippen molar-refractivity contribution in [3.05, 3.63) is 76.5 Å². The molecule has 2 unspecified atom stereocenters. The number of ether oxygens (including phenoxy) is 2. The van der Waals surface area contributed by atoms with E-state index in [1.165, 1.54) is 55.2 Å². The van der Waals surface area contributed by atoms with Crippen LogP contribution in [0.3, 0.4) is 0 Å². The Bertz CT molecular complexity index is 1370. The van der Waals surface area contributed by atoms with Gasteiger partial charge in [0.25, 0.3) is 0 Å². The zero-order valence-corrected chi connectivity index (χ0v) is 24.3. The molecule has 3 aliphatic rings. The first kappa shape index (κ1) is 26.7. The smallest absolute Gasteiger partial charge is 0.411 e. The van der Waals surface area contributed by atoms with Gasteiger partial charge < -0.3 is 14.4 Å². The summed E-state index contributed by atoms with van der Waals surface area (Å²) in [6.07, 6.45) is 6.98. The van der Waals surface area contributed by atoms with Gasteiger partial charge in [-0.25, -0.2) is 9.78 Å². The quantitative estimate of drug-likeness (QED) is 0.308. The number of rotatable bonds is 7. The molecular weight excluding hydrogens is 498 g/mol. The molecule has 210 valence electrons. The molecule has 6 heteroatoms. The van der Waals surface area contributed by atoms with Gasteiger partial charge in [0.2, 0.25) is 0 Å². The molecule has 2 saturated heterocycles. The van der Waals surface area contributed by atoms with Gasteiger partial charge in [-0.3, -0.25) is 4.90 Å². The molecule has 1 aliphatic carbocycles. The number of methoxy groups -OCH3 is 1. The van der Waals surface area contributed by atoms with Crippen LogP contribution in [0.25, 0.3) is 11.1 Å². The van der Waals surface area contributed by atoms with E-state index in [1.807, 2.05) is 4.90 Å². The first-order valence-corrected chi connectivity index (χ1v) is 14.9. The Balaban J connectivity index is 1.37. The van der Waals surface area contributed by atoms with Gasteiger partial charge in [-0.1, -0.05) is 54.7 Å². The second-order valence-electron chi connectivity index (χ2n) is 11.9. The number of amides is 1. The molecule has 2 aliphatic heterocycles. The van der Waals surface area contributed by atoms with Crippen LogP contribution in [0.1, 0.15) is 85.4 Å². The normalized spacial score (nSPS) is 21.4. The molecule has 2 atom stereocenters. The molecule has 0 N–H and O–H groups in total. The van der Waals surface area contributed by atoms with Gasteiger partial charge in [-0.2, -0.15) is 0 Å². The van der Waals surface area contributed by atoms with Crippen LogP contribution >= 0.6 is 0 Å². The van der Waals surface area contributed by atoms with E-state index in [0.717, 1.165) is 47.0 Å². The van der Waals surface area contributed by atoms with Gasteiger partial charge in [0.1, 0.15) is 17.7 Å². The highest BCUT2D eigenvalue weighted by Crippen LogP contribution is 2.41. The molecule has 0 spiro atoms. The fourth-order valence-electron chi connectivity index (χ4n) is 6.70. The van der Waals surface area contributed by atoms with Crippen LogP contribution < -0.4 is 9.64 Å². The summed E-state index contributed by atoms with van der Waals surface area (Å²) in [7, 11) is 1.73. The molecule has 3 fully saturated rings. The molecule has 1 aromatic heterocycles. The third-order valence-electron chi connectivity index (χ3n) is 9.01. The van der Waals surface area contributed by atoms with Crippen molar-refractivity contribution >= 4 is 11.9 Å². The SMILES string of the molecule is COc1ccc(C2CCCCC2)cc1-c1ccc(N2CCC2)nc1CN1C(=O)OC(c2cc(C)cc(C)c2)C1C. The Labute approximate surface area is 238 Å².